The van der Waals surface area contributed by atoms with Gasteiger partial charge in [-0.2, -0.15) is 0 Å². The maximum atomic E-state index is 13.1. The molecule has 0 heterocycles. The smallest absolute Gasteiger partial charge is 0.264 e. The largest absolute Gasteiger partial charge is 0.355 e. The van der Waals surface area contributed by atoms with Crippen LogP contribution in [0.5, 0.6) is 0 Å². The Kier molecular flexibility index (Phi) is 7.23. The van der Waals surface area contributed by atoms with Crippen LogP contribution in [-0.4, -0.2) is 20.2 Å². The van der Waals surface area contributed by atoms with Crippen LogP contribution >= 0.6 is 0 Å². The van der Waals surface area contributed by atoms with Crippen LogP contribution in [0.3, 0.4) is 0 Å². The van der Waals surface area contributed by atoms with Gasteiger partial charge >= 0.3 is 0 Å². The molecule has 2 amide bonds. The Labute approximate surface area is 203 Å². The Hall–Kier alpha value is -4.43. The maximum absolute atomic E-state index is 13.1. The minimum absolute atomic E-state index is 0.0402. The number of nitrogens with one attached hydrogen (secondary N) is 3. The van der Waals surface area contributed by atoms with Crippen molar-refractivity contribution < 1.29 is 18.0 Å². The number of carbonyl (C=O) groups is 2. The fourth-order valence-corrected chi connectivity index (χ4v) is 4.51. The summed E-state index contributed by atoms with van der Waals surface area (Å²) in [6, 6.07) is 31.1. The first-order valence-corrected chi connectivity index (χ1v) is 12.5. The van der Waals surface area contributed by atoms with E-state index in [9.17, 15) is 18.0 Å². The van der Waals surface area contributed by atoms with Crippen LogP contribution in [-0.2, 0) is 15.8 Å². The summed E-state index contributed by atoms with van der Waals surface area (Å²) in [4.78, 5) is 25.9. The van der Waals surface area contributed by atoms with Gasteiger partial charge in [0.1, 0.15) is 0 Å². The van der Waals surface area contributed by atoms with E-state index in [1.54, 1.807) is 60.7 Å². The predicted octanol–water partition coefficient (Wildman–Crippen LogP) is 4.94. The summed E-state index contributed by atoms with van der Waals surface area (Å²) < 4.78 is 27.1. The molecule has 3 N–H and O–H groups in total. The molecule has 0 bridgehead atoms. The Balaban J connectivity index is 1.60. The molecule has 0 aromatic heterocycles. The number of benzene rings is 4. The van der Waals surface area contributed by atoms with Gasteiger partial charge < -0.3 is 10.6 Å². The third-order valence-corrected chi connectivity index (χ3v) is 6.27. The van der Waals surface area contributed by atoms with E-state index in [1.165, 1.54) is 12.1 Å². The lowest BCUT2D eigenvalue weighted by Gasteiger charge is -2.14. The lowest BCUT2D eigenvalue weighted by atomic mass is 10.1. The summed E-state index contributed by atoms with van der Waals surface area (Å²) in [5.41, 5.74) is 2.59. The molecular formula is C27H23N3O4S. The zero-order valence-electron chi connectivity index (χ0n) is 18.6. The summed E-state index contributed by atoms with van der Waals surface area (Å²) in [7, 11) is -3.94. The van der Waals surface area contributed by atoms with Crippen LogP contribution in [0.1, 0.15) is 26.3 Å². The third-order valence-electron chi connectivity index (χ3n) is 5.06. The van der Waals surface area contributed by atoms with Crippen LogP contribution in [0.15, 0.2) is 109 Å². The van der Waals surface area contributed by atoms with Gasteiger partial charge in [-0.3, -0.25) is 9.59 Å². The maximum Gasteiger partial charge on any atom is 0.264 e. The van der Waals surface area contributed by atoms with Crippen LogP contribution in [0.25, 0.3) is 0 Å². The molecule has 0 spiro atoms. The summed E-state index contributed by atoms with van der Waals surface area (Å²) in [6.45, 7) is 0. The van der Waals surface area contributed by atoms with Gasteiger partial charge in [0.25, 0.3) is 11.8 Å². The van der Waals surface area contributed by atoms with Crippen molar-refractivity contribution in [3.63, 3.8) is 0 Å². The zero-order valence-corrected chi connectivity index (χ0v) is 19.5. The van der Waals surface area contributed by atoms with Gasteiger partial charge in [-0.25, -0.2) is 13.1 Å². The molecule has 4 rings (SSSR count). The molecule has 0 radical (unpaired) electrons. The quantitative estimate of drug-likeness (QED) is 0.328. The number of carbonyl (C=O) groups excluding carboxylic acids is 2. The van der Waals surface area contributed by atoms with E-state index < -0.39 is 21.8 Å². The van der Waals surface area contributed by atoms with Crippen LogP contribution in [0.4, 0.5) is 17.1 Å². The molecule has 176 valence electrons. The topological polar surface area (TPSA) is 104 Å². The molecule has 4 aromatic rings. The van der Waals surface area contributed by atoms with Crippen molar-refractivity contribution in [2.75, 3.05) is 10.6 Å². The summed E-state index contributed by atoms with van der Waals surface area (Å²) >= 11 is 0. The summed E-state index contributed by atoms with van der Waals surface area (Å²) in [5, 5.41) is 5.98. The average molecular weight is 486 g/mol. The minimum Gasteiger partial charge on any atom is -0.355 e. The fraction of sp³-hybridized carbons (Fsp3) is 0.0370. The lowest BCUT2D eigenvalue weighted by molar-refractivity contribution is 0.0981. The number of anilines is 3. The van der Waals surface area contributed by atoms with E-state index in [1.807, 2.05) is 36.4 Å². The van der Waals surface area contributed by atoms with Crippen molar-refractivity contribution in [2.45, 2.75) is 5.75 Å². The molecule has 0 unspecified atom stereocenters. The van der Waals surface area contributed by atoms with Crippen molar-refractivity contribution in [1.29, 1.82) is 0 Å². The summed E-state index contributed by atoms with van der Waals surface area (Å²) in [6.07, 6.45) is 0. The van der Waals surface area contributed by atoms with E-state index in [0.717, 1.165) is 5.69 Å². The number of sulfonamides is 1. The van der Waals surface area contributed by atoms with Gasteiger partial charge in [0.15, 0.2) is 0 Å². The Morgan fingerprint density at radius 1 is 0.657 bits per heavy atom. The molecule has 0 aliphatic carbocycles. The molecule has 7 nitrogen and oxygen atoms in total. The van der Waals surface area contributed by atoms with E-state index in [0.29, 0.717) is 16.9 Å². The van der Waals surface area contributed by atoms with Crippen LogP contribution in [0.2, 0.25) is 0 Å². The monoisotopic (exact) mass is 485 g/mol. The van der Waals surface area contributed by atoms with Gasteiger partial charge in [-0.1, -0.05) is 66.7 Å². The molecule has 0 saturated heterocycles. The zero-order chi connectivity index (χ0) is 24.7. The Morgan fingerprint density at radius 3 is 1.86 bits per heavy atom. The minimum atomic E-state index is -3.94. The molecule has 0 saturated carbocycles. The first-order valence-electron chi connectivity index (χ1n) is 10.8. The second kappa shape index (κ2) is 10.7. The molecule has 0 aliphatic rings. The SMILES string of the molecule is O=C(NS(=O)(=O)Cc1ccccc1)c1ccc(Nc2ccccc2)c(C(=O)Nc2ccccc2)c1. The van der Waals surface area contributed by atoms with E-state index >= 15 is 0 Å². The van der Waals surface area contributed by atoms with Gasteiger partial charge in [0, 0.05) is 16.9 Å². The van der Waals surface area contributed by atoms with E-state index in [4.69, 9.17) is 0 Å². The molecule has 0 fully saturated rings. The van der Waals surface area contributed by atoms with Crippen molar-refractivity contribution in [2.24, 2.45) is 0 Å². The van der Waals surface area contributed by atoms with Gasteiger partial charge in [-0.15, -0.1) is 0 Å². The van der Waals surface area contributed by atoms with Gasteiger partial charge in [0.2, 0.25) is 10.0 Å². The molecule has 35 heavy (non-hydrogen) atoms. The third kappa shape index (κ3) is 6.55. The first kappa shape index (κ1) is 23.7. The fourth-order valence-electron chi connectivity index (χ4n) is 3.41. The summed E-state index contributed by atoms with van der Waals surface area (Å²) in [5.74, 6) is -1.61. The Bertz CT molecular complexity index is 1430. The van der Waals surface area contributed by atoms with E-state index in [2.05, 4.69) is 15.4 Å². The van der Waals surface area contributed by atoms with Crippen LogP contribution < -0.4 is 15.4 Å². The number of amides is 2. The Morgan fingerprint density at radius 2 is 1.23 bits per heavy atom. The number of hydrogen-bond acceptors (Lipinski definition) is 5. The standard InChI is InChI=1S/C27H23N3O4S/c31-26(30-35(33,34)19-20-10-4-1-5-11-20)21-16-17-25(28-22-12-6-2-7-13-22)24(18-21)27(32)29-23-14-8-3-9-15-23/h1-18,28H,19H2,(H,29,32)(H,30,31). The first-order chi connectivity index (χ1) is 16.9. The normalized spacial score (nSPS) is 10.9. The highest BCUT2D eigenvalue weighted by atomic mass is 32.2. The lowest BCUT2D eigenvalue weighted by Crippen LogP contribution is -2.31. The highest BCUT2D eigenvalue weighted by Crippen LogP contribution is 2.24. The predicted molar refractivity (Wildman–Crippen MR) is 137 cm³/mol. The van der Waals surface area contributed by atoms with Crippen LogP contribution in [0, 0.1) is 0 Å². The molecular weight excluding hydrogens is 462 g/mol. The highest BCUT2D eigenvalue weighted by molar-refractivity contribution is 7.89. The number of hydrogen-bond donors (Lipinski definition) is 3. The molecule has 0 atom stereocenters. The second-order valence-corrected chi connectivity index (χ2v) is 9.47. The number of para-hydroxylation sites is 2. The number of rotatable bonds is 8. The van der Waals surface area contributed by atoms with Crippen molar-refractivity contribution in [1.82, 2.24) is 4.72 Å². The van der Waals surface area contributed by atoms with E-state index in [-0.39, 0.29) is 16.9 Å². The van der Waals surface area contributed by atoms with Gasteiger partial charge in [0.05, 0.1) is 17.0 Å². The average Bonchev–Trinajstić information content (AvgIpc) is 2.85. The van der Waals surface area contributed by atoms with Crippen molar-refractivity contribution in [3.05, 3.63) is 126 Å². The second-order valence-electron chi connectivity index (χ2n) is 7.75. The van der Waals surface area contributed by atoms with Gasteiger partial charge in [-0.05, 0) is 48.0 Å². The molecule has 0 aliphatic heterocycles. The highest BCUT2D eigenvalue weighted by Gasteiger charge is 2.20. The van der Waals surface area contributed by atoms with Crippen molar-refractivity contribution in [3.8, 4) is 0 Å². The van der Waals surface area contributed by atoms with Crippen molar-refractivity contribution >= 4 is 38.9 Å². The molecule has 4 aromatic carbocycles. The molecule has 8 heteroatoms.